The molecule has 0 aromatic carbocycles. The van der Waals surface area contributed by atoms with Gasteiger partial charge in [-0.15, -0.1) is 11.8 Å². The number of rotatable bonds is 3. The molecule has 1 saturated heterocycles. The van der Waals surface area contributed by atoms with E-state index < -0.39 is 0 Å². The van der Waals surface area contributed by atoms with Crippen LogP contribution in [0.3, 0.4) is 0 Å². The molecule has 1 heterocycles. The molecule has 0 saturated carbocycles. The van der Waals surface area contributed by atoms with E-state index in [0.717, 1.165) is 6.42 Å². The molecule has 0 aliphatic carbocycles. The van der Waals surface area contributed by atoms with Gasteiger partial charge in [0.2, 0.25) is 5.91 Å². The van der Waals surface area contributed by atoms with Crippen molar-refractivity contribution >= 4 is 17.7 Å². The number of hydrogen-bond acceptors (Lipinski definition) is 3. The Morgan fingerprint density at radius 1 is 1.62 bits per heavy atom. The molecule has 3 nitrogen and oxygen atoms in total. The van der Waals surface area contributed by atoms with Gasteiger partial charge in [0.1, 0.15) is 6.23 Å². The van der Waals surface area contributed by atoms with Crippen LogP contribution in [-0.2, 0) is 9.53 Å². The fourth-order valence-corrected chi connectivity index (χ4v) is 2.72. The second-order valence-electron chi connectivity index (χ2n) is 3.55. The minimum Gasteiger partial charge on any atom is -0.361 e. The lowest BCUT2D eigenvalue weighted by Crippen LogP contribution is -2.31. The van der Waals surface area contributed by atoms with E-state index >= 15 is 0 Å². The van der Waals surface area contributed by atoms with E-state index in [1.165, 1.54) is 0 Å². The van der Waals surface area contributed by atoms with Crippen molar-refractivity contribution in [2.75, 3.05) is 14.2 Å². The fraction of sp³-hybridized carbons (Fsp3) is 0.889. The van der Waals surface area contributed by atoms with Gasteiger partial charge in [0, 0.05) is 20.6 Å². The van der Waals surface area contributed by atoms with Crippen molar-refractivity contribution in [2.24, 2.45) is 0 Å². The molecule has 1 rings (SSSR count). The van der Waals surface area contributed by atoms with Gasteiger partial charge < -0.3 is 9.64 Å². The standard InChI is InChI=1S/C9H17NO2S/c1-6(2)13-7-5-8(12-4)10(3)9(7)11/h6-8H,5H2,1-4H3. The minimum absolute atomic E-state index is 0.0243. The second kappa shape index (κ2) is 4.33. The number of nitrogens with zero attached hydrogens (tertiary/aromatic N) is 1. The predicted molar refractivity (Wildman–Crippen MR) is 54.7 cm³/mol. The molecule has 0 radical (unpaired) electrons. The molecule has 0 aromatic rings. The number of ether oxygens (including phenoxy) is 1. The Kier molecular flexibility index (Phi) is 3.62. The Bertz CT molecular complexity index is 196. The van der Waals surface area contributed by atoms with Crippen LogP contribution in [-0.4, -0.2) is 41.7 Å². The fourth-order valence-electron chi connectivity index (χ4n) is 1.51. The van der Waals surface area contributed by atoms with E-state index in [1.807, 2.05) is 0 Å². The molecule has 1 aliphatic rings. The number of likely N-dealkylation sites (tertiary alicyclic amines) is 1. The summed E-state index contributed by atoms with van der Waals surface area (Å²) in [5.74, 6) is 0.200. The number of carbonyl (C=O) groups excluding carboxylic acids is 1. The zero-order valence-electron chi connectivity index (χ0n) is 8.61. The van der Waals surface area contributed by atoms with Gasteiger partial charge >= 0.3 is 0 Å². The summed E-state index contributed by atoms with van der Waals surface area (Å²) in [5, 5.41) is 0.591. The molecular weight excluding hydrogens is 186 g/mol. The Labute approximate surface area is 83.8 Å². The van der Waals surface area contributed by atoms with E-state index in [1.54, 1.807) is 30.8 Å². The molecule has 0 spiro atoms. The molecule has 76 valence electrons. The van der Waals surface area contributed by atoms with Crippen molar-refractivity contribution in [1.82, 2.24) is 4.90 Å². The van der Waals surface area contributed by atoms with Gasteiger partial charge in [-0.05, 0) is 5.25 Å². The van der Waals surface area contributed by atoms with Gasteiger partial charge in [0.25, 0.3) is 0 Å². The zero-order valence-corrected chi connectivity index (χ0v) is 9.43. The van der Waals surface area contributed by atoms with Crippen LogP contribution in [0.5, 0.6) is 0 Å². The summed E-state index contributed by atoms with van der Waals surface area (Å²) in [7, 11) is 3.45. The Morgan fingerprint density at radius 2 is 2.23 bits per heavy atom. The highest BCUT2D eigenvalue weighted by molar-refractivity contribution is 8.01. The van der Waals surface area contributed by atoms with Gasteiger partial charge in [-0.2, -0.15) is 0 Å². The lowest BCUT2D eigenvalue weighted by molar-refractivity contribution is -0.132. The van der Waals surface area contributed by atoms with Crippen molar-refractivity contribution in [3.8, 4) is 0 Å². The van der Waals surface area contributed by atoms with Crippen LogP contribution in [0.1, 0.15) is 20.3 Å². The third kappa shape index (κ3) is 2.38. The smallest absolute Gasteiger partial charge is 0.237 e. The quantitative estimate of drug-likeness (QED) is 0.693. The van der Waals surface area contributed by atoms with E-state index in [-0.39, 0.29) is 17.4 Å². The van der Waals surface area contributed by atoms with Crippen molar-refractivity contribution < 1.29 is 9.53 Å². The first kappa shape index (κ1) is 10.9. The van der Waals surface area contributed by atoms with Crippen LogP contribution in [0, 0.1) is 0 Å². The summed E-state index contributed by atoms with van der Waals surface area (Å²) >= 11 is 1.72. The Hall–Kier alpha value is -0.220. The largest absolute Gasteiger partial charge is 0.361 e. The van der Waals surface area contributed by atoms with Crippen LogP contribution in [0.2, 0.25) is 0 Å². The lowest BCUT2D eigenvalue weighted by atomic mass is 10.3. The first-order valence-electron chi connectivity index (χ1n) is 4.51. The summed E-state index contributed by atoms with van der Waals surface area (Å²) in [5.41, 5.74) is 0. The molecule has 2 unspecified atom stereocenters. The number of thioether (sulfide) groups is 1. The SMILES string of the molecule is COC1CC(SC(C)C)C(=O)N1C. The molecular formula is C9H17NO2S. The monoisotopic (exact) mass is 203 g/mol. The topological polar surface area (TPSA) is 29.5 Å². The first-order chi connectivity index (χ1) is 6.06. The van der Waals surface area contributed by atoms with Crippen LogP contribution < -0.4 is 0 Å². The maximum Gasteiger partial charge on any atom is 0.237 e. The Balaban J connectivity index is 2.55. The average molecular weight is 203 g/mol. The van der Waals surface area contributed by atoms with Crippen molar-refractivity contribution in [3.05, 3.63) is 0 Å². The predicted octanol–water partition coefficient (Wildman–Crippen LogP) is 1.33. The molecule has 4 heteroatoms. The van der Waals surface area contributed by atoms with Gasteiger partial charge in [0.15, 0.2) is 0 Å². The first-order valence-corrected chi connectivity index (χ1v) is 5.45. The van der Waals surface area contributed by atoms with E-state index in [2.05, 4.69) is 13.8 Å². The van der Waals surface area contributed by atoms with Crippen molar-refractivity contribution in [1.29, 1.82) is 0 Å². The number of methoxy groups -OCH3 is 1. The molecule has 0 N–H and O–H groups in total. The Morgan fingerprint density at radius 3 is 2.62 bits per heavy atom. The summed E-state index contributed by atoms with van der Waals surface area (Å²) in [6.45, 7) is 4.22. The van der Waals surface area contributed by atoms with Crippen molar-refractivity contribution in [3.63, 3.8) is 0 Å². The highest BCUT2D eigenvalue weighted by Crippen LogP contribution is 2.30. The van der Waals surface area contributed by atoms with Crippen LogP contribution in [0.25, 0.3) is 0 Å². The molecule has 2 atom stereocenters. The van der Waals surface area contributed by atoms with Crippen LogP contribution in [0.4, 0.5) is 0 Å². The van der Waals surface area contributed by atoms with Gasteiger partial charge in [-0.1, -0.05) is 13.8 Å². The normalized spacial score (nSPS) is 29.0. The van der Waals surface area contributed by atoms with Crippen molar-refractivity contribution in [2.45, 2.75) is 37.0 Å². The number of amides is 1. The van der Waals surface area contributed by atoms with Gasteiger partial charge in [-0.25, -0.2) is 0 Å². The average Bonchev–Trinajstić information content (AvgIpc) is 2.32. The lowest BCUT2D eigenvalue weighted by Gasteiger charge is -2.16. The summed E-state index contributed by atoms with van der Waals surface area (Å²) < 4.78 is 5.20. The van der Waals surface area contributed by atoms with Gasteiger partial charge in [0.05, 0.1) is 5.25 Å². The molecule has 1 aliphatic heterocycles. The molecule has 1 amide bonds. The van der Waals surface area contributed by atoms with Crippen LogP contribution in [0.15, 0.2) is 0 Å². The summed E-state index contributed by atoms with van der Waals surface area (Å²) in [6.07, 6.45) is 0.790. The number of carbonyl (C=O) groups is 1. The van der Waals surface area contributed by atoms with E-state index in [0.29, 0.717) is 5.25 Å². The summed E-state index contributed by atoms with van der Waals surface area (Å²) in [6, 6.07) is 0. The molecule has 13 heavy (non-hydrogen) atoms. The molecule has 1 fully saturated rings. The minimum atomic E-state index is -0.0243. The maximum atomic E-state index is 11.6. The van der Waals surface area contributed by atoms with E-state index in [9.17, 15) is 4.79 Å². The summed E-state index contributed by atoms with van der Waals surface area (Å²) in [4.78, 5) is 13.3. The van der Waals surface area contributed by atoms with E-state index in [4.69, 9.17) is 4.74 Å². The highest BCUT2D eigenvalue weighted by Gasteiger charge is 2.37. The maximum absolute atomic E-state index is 11.6. The zero-order chi connectivity index (χ0) is 10.0. The highest BCUT2D eigenvalue weighted by atomic mass is 32.2. The third-order valence-electron chi connectivity index (χ3n) is 2.18. The second-order valence-corrected chi connectivity index (χ2v) is 5.33. The number of hydrogen-bond donors (Lipinski definition) is 0. The molecule has 0 aromatic heterocycles. The molecule has 0 bridgehead atoms. The third-order valence-corrected chi connectivity index (χ3v) is 3.45. The van der Waals surface area contributed by atoms with Crippen LogP contribution >= 0.6 is 11.8 Å². The van der Waals surface area contributed by atoms with Gasteiger partial charge in [-0.3, -0.25) is 4.79 Å².